The second kappa shape index (κ2) is 12.2. The second-order valence-electron chi connectivity index (χ2n) is 14.4. The minimum Gasteiger partial charge on any atom is -0.456 e. The third kappa shape index (κ3) is 4.70. The number of hydrogen-bond donors (Lipinski definition) is 0. The van der Waals surface area contributed by atoms with Crippen molar-refractivity contribution >= 4 is 103 Å². The van der Waals surface area contributed by atoms with E-state index in [9.17, 15) is 0 Å². The van der Waals surface area contributed by atoms with E-state index in [1.54, 1.807) is 0 Å². The molecule has 12 aromatic rings. The van der Waals surface area contributed by atoms with E-state index in [2.05, 4.69) is 181 Å². The molecule has 0 radical (unpaired) electrons. The fraction of sp³-hybridized carbons (Fsp3) is 0. The lowest BCUT2D eigenvalue weighted by molar-refractivity contribution is 0.669. The molecule has 0 saturated heterocycles. The highest BCUT2D eigenvalue weighted by Gasteiger charge is 2.20. The number of anilines is 3. The number of benzene rings is 9. The Balaban J connectivity index is 1.02. The predicted molar refractivity (Wildman–Crippen MR) is 237 cm³/mol. The summed E-state index contributed by atoms with van der Waals surface area (Å²) < 4.78 is 15.3. The van der Waals surface area contributed by atoms with Crippen LogP contribution in [-0.2, 0) is 0 Å². The maximum absolute atomic E-state index is 6.54. The maximum atomic E-state index is 6.54. The van der Waals surface area contributed by atoms with Crippen LogP contribution >= 0.6 is 11.3 Å². The van der Waals surface area contributed by atoms with Gasteiger partial charge in [-0.1, -0.05) is 121 Å². The lowest BCUT2D eigenvalue weighted by Crippen LogP contribution is -2.10. The topological polar surface area (TPSA) is 29.5 Å². The van der Waals surface area contributed by atoms with E-state index in [1.807, 2.05) is 23.5 Å². The molecule has 0 N–H and O–H groups in total. The zero-order valence-electron chi connectivity index (χ0n) is 30.1. The van der Waals surface area contributed by atoms with Crippen molar-refractivity contribution in [1.82, 2.24) is 0 Å². The summed E-state index contributed by atoms with van der Waals surface area (Å²) in [5, 5.41) is 9.40. The monoisotopic (exact) mass is 733 g/mol. The first-order chi connectivity index (χ1) is 27.8. The molecule has 0 aliphatic heterocycles. The largest absolute Gasteiger partial charge is 0.456 e. The third-order valence-corrected chi connectivity index (χ3v) is 12.4. The van der Waals surface area contributed by atoms with E-state index in [0.717, 1.165) is 88.6 Å². The van der Waals surface area contributed by atoms with Gasteiger partial charge in [-0.3, -0.25) is 0 Å². The average Bonchev–Trinajstić information content (AvgIpc) is 3.96. The van der Waals surface area contributed by atoms with Crippen molar-refractivity contribution in [2.45, 2.75) is 0 Å². The molecular weight excluding hydrogens is 703 g/mol. The van der Waals surface area contributed by atoms with Gasteiger partial charge in [0.2, 0.25) is 0 Å². The molecule has 0 bridgehead atoms. The first-order valence-electron chi connectivity index (χ1n) is 18.9. The number of rotatable bonds is 5. The molecule has 56 heavy (non-hydrogen) atoms. The van der Waals surface area contributed by atoms with Crippen LogP contribution in [0.3, 0.4) is 0 Å². The molecule has 0 amide bonds. The number of para-hydroxylation sites is 1. The molecule has 0 unspecified atom stereocenters. The Morgan fingerprint density at radius 2 is 0.929 bits per heavy atom. The van der Waals surface area contributed by atoms with Crippen molar-refractivity contribution in [1.29, 1.82) is 0 Å². The van der Waals surface area contributed by atoms with Crippen LogP contribution in [0.25, 0.3) is 97.1 Å². The SMILES string of the molecule is c1ccc2c(c1)ccc1c2oc2cccc(-c3ccc(N(c4ccc(-c5cccc6oc7ccccc7c56)cc4)c4cccc5sc6ccccc6c45)cc3)c21. The molecule has 0 aliphatic carbocycles. The van der Waals surface area contributed by atoms with Crippen molar-refractivity contribution in [2.75, 3.05) is 4.90 Å². The Kier molecular flexibility index (Phi) is 6.80. The number of fused-ring (bicyclic) bond motifs is 11. The molecule has 4 heteroatoms. The molecule has 262 valence electrons. The van der Waals surface area contributed by atoms with Gasteiger partial charge in [-0.2, -0.15) is 0 Å². The highest BCUT2D eigenvalue weighted by Crippen LogP contribution is 2.46. The molecule has 0 fully saturated rings. The Bertz CT molecular complexity index is 3480. The van der Waals surface area contributed by atoms with Crippen LogP contribution in [0.1, 0.15) is 0 Å². The summed E-state index contributed by atoms with van der Waals surface area (Å²) in [4.78, 5) is 2.41. The van der Waals surface area contributed by atoms with Crippen molar-refractivity contribution in [3.63, 3.8) is 0 Å². The summed E-state index contributed by atoms with van der Waals surface area (Å²) in [6.07, 6.45) is 0. The number of furan rings is 2. The lowest BCUT2D eigenvalue weighted by atomic mass is 9.97. The van der Waals surface area contributed by atoms with Gasteiger partial charge >= 0.3 is 0 Å². The van der Waals surface area contributed by atoms with E-state index in [0.29, 0.717) is 0 Å². The van der Waals surface area contributed by atoms with Crippen LogP contribution in [0.2, 0.25) is 0 Å². The average molecular weight is 734 g/mol. The van der Waals surface area contributed by atoms with Crippen LogP contribution in [0, 0.1) is 0 Å². The van der Waals surface area contributed by atoms with Crippen molar-refractivity contribution in [2.24, 2.45) is 0 Å². The van der Waals surface area contributed by atoms with E-state index in [4.69, 9.17) is 8.83 Å². The maximum Gasteiger partial charge on any atom is 0.143 e. The Morgan fingerprint density at radius 1 is 0.357 bits per heavy atom. The third-order valence-electron chi connectivity index (χ3n) is 11.3. The van der Waals surface area contributed by atoms with Crippen molar-refractivity contribution in [3.8, 4) is 22.3 Å². The highest BCUT2D eigenvalue weighted by molar-refractivity contribution is 7.26. The van der Waals surface area contributed by atoms with E-state index < -0.39 is 0 Å². The number of nitrogens with zero attached hydrogens (tertiary/aromatic N) is 1. The summed E-state index contributed by atoms with van der Waals surface area (Å²) in [7, 11) is 0. The molecule has 12 rings (SSSR count). The fourth-order valence-electron chi connectivity index (χ4n) is 8.76. The molecule has 3 heterocycles. The number of thiophene rings is 1. The van der Waals surface area contributed by atoms with Crippen molar-refractivity contribution in [3.05, 3.63) is 188 Å². The van der Waals surface area contributed by atoms with Crippen LogP contribution in [0.4, 0.5) is 17.1 Å². The highest BCUT2D eigenvalue weighted by atomic mass is 32.1. The van der Waals surface area contributed by atoms with E-state index >= 15 is 0 Å². The van der Waals surface area contributed by atoms with E-state index in [1.165, 1.54) is 25.6 Å². The van der Waals surface area contributed by atoms with Gasteiger partial charge in [-0.15, -0.1) is 11.3 Å². The zero-order valence-corrected chi connectivity index (χ0v) is 30.9. The fourth-order valence-corrected chi connectivity index (χ4v) is 9.89. The van der Waals surface area contributed by atoms with Crippen molar-refractivity contribution < 1.29 is 8.83 Å². The van der Waals surface area contributed by atoms with Crippen LogP contribution in [-0.4, -0.2) is 0 Å². The van der Waals surface area contributed by atoms with Gasteiger partial charge in [0.15, 0.2) is 0 Å². The van der Waals surface area contributed by atoms with Gasteiger partial charge in [-0.25, -0.2) is 0 Å². The molecule has 0 aliphatic rings. The molecule has 3 nitrogen and oxygen atoms in total. The van der Waals surface area contributed by atoms with Gasteiger partial charge in [0.1, 0.15) is 22.3 Å². The second-order valence-corrected chi connectivity index (χ2v) is 15.5. The Hall–Kier alpha value is -7.14. The smallest absolute Gasteiger partial charge is 0.143 e. The molecular formula is C52H31NO2S. The zero-order chi connectivity index (χ0) is 36.7. The molecule has 0 atom stereocenters. The summed E-state index contributed by atoms with van der Waals surface area (Å²) in [6.45, 7) is 0. The Morgan fingerprint density at radius 3 is 1.68 bits per heavy atom. The Labute approximate surface area is 325 Å². The summed E-state index contributed by atoms with van der Waals surface area (Å²) >= 11 is 1.84. The molecule has 0 spiro atoms. The van der Waals surface area contributed by atoms with Gasteiger partial charge < -0.3 is 13.7 Å². The van der Waals surface area contributed by atoms with Gasteiger partial charge in [-0.05, 0) is 94.4 Å². The number of hydrogen-bond acceptors (Lipinski definition) is 4. The van der Waals surface area contributed by atoms with Crippen LogP contribution < -0.4 is 4.90 Å². The first-order valence-corrected chi connectivity index (χ1v) is 19.7. The van der Waals surface area contributed by atoms with Gasteiger partial charge in [0, 0.05) is 58.5 Å². The van der Waals surface area contributed by atoms with E-state index in [-0.39, 0.29) is 0 Å². The molecule has 3 aromatic heterocycles. The molecule has 9 aromatic carbocycles. The predicted octanol–water partition coefficient (Wildman–Crippen LogP) is 15.8. The van der Waals surface area contributed by atoms with Crippen LogP contribution in [0.15, 0.2) is 197 Å². The van der Waals surface area contributed by atoms with Crippen LogP contribution in [0.5, 0.6) is 0 Å². The first kappa shape index (κ1) is 31.2. The summed E-state index contributed by atoms with van der Waals surface area (Å²) in [5.41, 5.74) is 11.6. The molecule has 0 saturated carbocycles. The normalized spacial score (nSPS) is 11.9. The summed E-state index contributed by atoms with van der Waals surface area (Å²) in [5.74, 6) is 0. The standard InChI is InChI=1S/C52H31NO2S/c1-2-11-39-32(10-1)26-31-42-50-38(15-8-19-46(50)55-52(39)42)34-24-29-36(30-25-34)53(43-16-9-21-48-51(43)41-13-4-6-20-47(41)56-48)35-27-22-33(23-28-35)37-14-7-18-45-49(37)40-12-3-5-17-44(40)54-45/h1-31H. The van der Waals surface area contributed by atoms with Gasteiger partial charge in [0.05, 0.1) is 5.69 Å². The quantitative estimate of drug-likeness (QED) is 0.176. The minimum absolute atomic E-state index is 0.898. The minimum atomic E-state index is 0.898. The van der Waals surface area contributed by atoms with Gasteiger partial charge in [0.25, 0.3) is 0 Å². The lowest BCUT2D eigenvalue weighted by Gasteiger charge is -2.27. The summed E-state index contributed by atoms with van der Waals surface area (Å²) in [6, 6.07) is 67.3.